The Kier molecular flexibility index (Phi) is 6.54. The topological polar surface area (TPSA) is 135 Å². The summed E-state index contributed by atoms with van der Waals surface area (Å²) in [6, 6.07) is 8.74. The number of anilines is 1. The van der Waals surface area contributed by atoms with Gasteiger partial charge in [-0.1, -0.05) is 29.5 Å². The van der Waals surface area contributed by atoms with Crippen molar-refractivity contribution in [3.05, 3.63) is 72.3 Å². The number of amides is 2. The molecule has 5 heterocycles. The van der Waals surface area contributed by atoms with Gasteiger partial charge in [-0.25, -0.2) is 14.6 Å². The average Bonchev–Trinajstić information content (AvgIpc) is 3.58. The summed E-state index contributed by atoms with van der Waals surface area (Å²) >= 11 is 6.10. The van der Waals surface area contributed by atoms with Crippen molar-refractivity contribution in [2.45, 2.75) is 18.9 Å². The standard InChI is InChI=1S/C24H22ClN9O2/c1-2-22(35)33-10-8-16(9-11-33)34-14-20(30-32-34)15-6-7-21(26-12-15)29-24(36)19-5-3-4-18(28-19)23-17(25)13-27-31-23/h2-7,12-14,16H,1,8-11H2,(H,27,31)(H,26,29,36). The van der Waals surface area contributed by atoms with Gasteiger partial charge in [0.25, 0.3) is 5.91 Å². The molecule has 2 amide bonds. The highest BCUT2D eigenvalue weighted by Gasteiger charge is 2.23. The molecule has 2 N–H and O–H groups in total. The van der Waals surface area contributed by atoms with Crippen LogP contribution in [0, 0.1) is 0 Å². The van der Waals surface area contributed by atoms with Crippen molar-refractivity contribution in [2.24, 2.45) is 0 Å². The van der Waals surface area contributed by atoms with E-state index in [0.29, 0.717) is 41.0 Å². The number of pyridine rings is 2. The van der Waals surface area contributed by atoms with Crippen LogP contribution in [0.1, 0.15) is 29.4 Å². The van der Waals surface area contributed by atoms with Gasteiger partial charge < -0.3 is 10.2 Å². The van der Waals surface area contributed by atoms with Gasteiger partial charge in [-0.15, -0.1) is 5.10 Å². The van der Waals surface area contributed by atoms with Crippen LogP contribution in [0.4, 0.5) is 5.82 Å². The second-order valence-electron chi connectivity index (χ2n) is 8.23. The second kappa shape index (κ2) is 10.1. The van der Waals surface area contributed by atoms with Crippen LogP contribution in [-0.2, 0) is 4.79 Å². The summed E-state index contributed by atoms with van der Waals surface area (Å²) in [7, 11) is 0. The van der Waals surface area contributed by atoms with Gasteiger partial charge in [0.1, 0.15) is 22.9 Å². The maximum absolute atomic E-state index is 12.7. The predicted molar refractivity (Wildman–Crippen MR) is 133 cm³/mol. The van der Waals surface area contributed by atoms with Crippen molar-refractivity contribution in [3.63, 3.8) is 0 Å². The number of piperidine rings is 1. The van der Waals surface area contributed by atoms with Gasteiger partial charge in [0.2, 0.25) is 5.91 Å². The number of hydrogen-bond acceptors (Lipinski definition) is 7. The SMILES string of the molecule is C=CC(=O)N1CCC(n2cc(-c3ccc(NC(=O)c4cccc(-c5[nH]ncc5Cl)n4)nc3)nn2)CC1. The number of aromatic amines is 1. The Hall–Kier alpha value is -4.38. The molecule has 0 radical (unpaired) electrons. The number of halogens is 1. The Labute approximate surface area is 211 Å². The lowest BCUT2D eigenvalue weighted by Crippen LogP contribution is -2.38. The molecule has 4 aromatic heterocycles. The maximum Gasteiger partial charge on any atom is 0.275 e. The summed E-state index contributed by atoms with van der Waals surface area (Å²) in [5.41, 5.74) is 2.71. The molecule has 36 heavy (non-hydrogen) atoms. The summed E-state index contributed by atoms with van der Waals surface area (Å²) < 4.78 is 1.84. The predicted octanol–water partition coefficient (Wildman–Crippen LogP) is 3.38. The minimum Gasteiger partial charge on any atom is -0.339 e. The normalized spacial score (nSPS) is 14.0. The molecule has 1 fully saturated rings. The summed E-state index contributed by atoms with van der Waals surface area (Å²) in [4.78, 5) is 35.0. The lowest BCUT2D eigenvalue weighted by atomic mass is 10.1. The van der Waals surface area contributed by atoms with Gasteiger partial charge in [-0.05, 0) is 43.2 Å². The Balaban J connectivity index is 1.22. The van der Waals surface area contributed by atoms with Gasteiger partial charge >= 0.3 is 0 Å². The minimum absolute atomic E-state index is 0.0447. The zero-order valence-corrected chi connectivity index (χ0v) is 19.9. The summed E-state index contributed by atoms with van der Waals surface area (Å²) in [6.07, 6.45) is 7.92. The first-order valence-corrected chi connectivity index (χ1v) is 11.7. The van der Waals surface area contributed by atoms with E-state index in [1.54, 1.807) is 35.4 Å². The van der Waals surface area contributed by atoms with E-state index in [2.05, 4.69) is 42.4 Å². The fraction of sp³-hybridized carbons (Fsp3) is 0.208. The third kappa shape index (κ3) is 4.86. The molecule has 0 aromatic carbocycles. The van der Waals surface area contributed by atoms with E-state index in [4.69, 9.17) is 11.6 Å². The largest absolute Gasteiger partial charge is 0.339 e. The molecule has 1 aliphatic heterocycles. The number of rotatable bonds is 6. The summed E-state index contributed by atoms with van der Waals surface area (Å²) in [5.74, 6) is -0.0705. The molecule has 0 aliphatic carbocycles. The molecular formula is C24H22ClN9O2. The lowest BCUT2D eigenvalue weighted by molar-refractivity contribution is -0.127. The van der Waals surface area contributed by atoms with E-state index in [-0.39, 0.29) is 17.6 Å². The molecule has 0 unspecified atom stereocenters. The Bertz CT molecular complexity index is 1400. The minimum atomic E-state index is -0.403. The number of hydrogen-bond donors (Lipinski definition) is 2. The van der Waals surface area contributed by atoms with Crippen LogP contribution in [-0.4, -0.2) is 65.0 Å². The molecule has 4 aromatic rings. The molecule has 0 spiro atoms. The molecule has 182 valence electrons. The number of H-pyrrole nitrogens is 1. The molecule has 5 rings (SSSR count). The molecule has 12 heteroatoms. The maximum atomic E-state index is 12.7. The number of carbonyl (C=O) groups excluding carboxylic acids is 2. The van der Waals surface area contributed by atoms with E-state index in [1.807, 2.05) is 16.9 Å². The third-order valence-electron chi connectivity index (χ3n) is 5.97. The number of carbonyl (C=O) groups is 2. The fourth-order valence-corrected chi connectivity index (χ4v) is 4.21. The average molecular weight is 504 g/mol. The molecule has 11 nitrogen and oxygen atoms in total. The number of nitrogens with zero attached hydrogens (tertiary/aromatic N) is 7. The van der Waals surface area contributed by atoms with Gasteiger partial charge in [0.15, 0.2) is 0 Å². The van der Waals surface area contributed by atoms with Crippen LogP contribution >= 0.6 is 11.6 Å². The van der Waals surface area contributed by atoms with E-state index >= 15 is 0 Å². The highest BCUT2D eigenvalue weighted by Crippen LogP contribution is 2.25. The first-order valence-electron chi connectivity index (χ1n) is 11.3. The van der Waals surface area contributed by atoms with Gasteiger partial charge in [0.05, 0.1) is 29.2 Å². The summed E-state index contributed by atoms with van der Waals surface area (Å²) in [5, 5.41) is 18.4. The molecule has 1 saturated heterocycles. The monoisotopic (exact) mass is 503 g/mol. The van der Waals surface area contributed by atoms with Crippen molar-refractivity contribution >= 4 is 29.2 Å². The van der Waals surface area contributed by atoms with Gasteiger partial charge in [0, 0.05) is 24.8 Å². The second-order valence-corrected chi connectivity index (χ2v) is 8.64. The number of likely N-dealkylation sites (tertiary alicyclic amines) is 1. The Morgan fingerprint density at radius 1 is 1.14 bits per heavy atom. The third-order valence-corrected chi connectivity index (χ3v) is 6.25. The van der Waals surface area contributed by atoms with E-state index in [1.165, 1.54) is 12.3 Å². The van der Waals surface area contributed by atoms with Crippen molar-refractivity contribution in [1.82, 2.24) is 40.1 Å². The number of nitrogens with one attached hydrogen (secondary N) is 2. The molecule has 0 bridgehead atoms. The quantitative estimate of drug-likeness (QED) is 0.385. The zero-order valence-electron chi connectivity index (χ0n) is 19.1. The van der Waals surface area contributed by atoms with E-state index in [9.17, 15) is 9.59 Å². The highest BCUT2D eigenvalue weighted by molar-refractivity contribution is 6.32. The fourth-order valence-electron chi connectivity index (χ4n) is 4.02. The van der Waals surface area contributed by atoms with Crippen LogP contribution in [0.2, 0.25) is 5.02 Å². The molecular weight excluding hydrogens is 482 g/mol. The summed E-state index contributed by atoms with van der Waals surface area (Å²) in [6.45, 7) is 4.86. The van der Waals surface area contributed by atoms with Crippen molar-refractivity contribution in [2.75, 3.05) is 18.4 Å². The van der Waals surface area contributed by atoms with Gasteiger partial charge in [-0.3, -0.25) is 14.7 Å². The van der Waals surface area contributed by atoms with E-state index < -0.39 is 5.91 Å². The molecule has 1 aliphatic rings. The van der Waals surface area contributed by atoms with Gasteiger partial charge in [-0.2, -0.15) is 5.10 Å². The Morgan fingerprint density at radius 2 is 1.97 bits per heavy atom. The van der Waals surface area contributed by atoms with Crippen LogP contribution < -0.4 is 5.32 Å². The Morgan fingerprint density at radius 3 is 2.67 bits per heavy atom. The highest BCUT2D eigenvalue weighted by atomic mass is 35.5. The number of aromatic nitrogens is 7. The van der Waals surface area contributed by atoms with E-state index in [0.717, 1.165) is 18.4 Å². The first-order chi connectivity index (χ1) is 17.5. The van der Waals surface area contributed by atoms with Crippen LogP contribution in [0.15, 0.2) is 61.6 Å². The van der Waals surface area contributed by atoms with Crippen LogP contribution in [0.25, 0.3) is 22.6 Å². The van der Waals surface area contributed by atoms with Crippen LogP contribution in [0.3, 0.4) is 0 Å². The zero-order chi connectivity index (χ0) is 25.1. The first kappa shape index (κ1) is 23.4. The smallest absolute Gasteiger partial charge is 0.275 e. The molecule has 0 atom stereocenters. The molecule has 0 saturated carbocycles. The van der Waals surface area contributed by atoms with Crippen molar-refractivity contribution in [3.8, 4) is 22.6 Å². The van der Waals surface area contributed by atoms with Crippen molar-refractivity contribution in [1.29, 1.82) is 0 Å². The van der Waals surface area contributed by atoms with Crippen molar-refractivity contribution < 1.29 is 9.59 Å². The van der Waals surface area contributed by atoms with Crippen LogP contribution in [0.5, 0.6) is 0 Å². The lowest BCUT2D eigenvalue weighted by Gasteiger charge is -2.31.